The average Bonchev–Trinajstić information content (AvgIpc) is 2.40. The second kappa shape index (κ2) is 6.11. The van der Waals surface area contributed by atoms with E-state index in [1.54, 1.807) is 6.20 Å². The van der Waals surface area contributed by atoms with Crippen molar-refractivity contribution in [2.24, 2.45) is 11.7 Å². The maximum Gasteiger partial charge on any atom is 0.126 e. The molecule has 0 radical (unpaired) electrons. The average molecular weight is 265 g/mol. The van der Waals surface area contributed by atoms with Gasteiger partial charge in [0.15, 0.2) is 0 Å². The summed E-state index contributed by atoms with van der Waals surface area (Å²) >= 11 is 4.97. The van der Waals surface area contributed by atoms with Gasteiger partial charge in [-0.1, -0.05) is 12.2 Å². The van der Waals surface area contributed by atoms with Crippen molar-refractivity contribution in [3.8, 4) is 0 Å². The van der Waals surface area contributed by atoms with E-state index in [1.807, 2.05) is 12.1 Å². The minimum atomic E-state index is 0.378. The van der Waals surface area contributed by atoms with Gasteiger partial charge in [0.1, 0.15) is 10.8 Å². The van der Waals surface area contributed by atoms with Gasteiger partial charge in [-0.3, -0.25) is 0 Å². The topological polar surface area (TPSA) is 60.2 Å². The number of thiocarbonyl (C=S) groups is 1. The molecule has 2 heterocycles. The molecule has 1 aliphatic rings. The van der Waals surface area contributed by atoms with E-state index in [9.17, 15) is 0 Å². The Labute approximate surface area is 113 Å². The number of anilines is 1. The molecule has 0 saturated carbocycles. The molecular weight excluding hydrogens is 246 g/mol. The van der Waals surface area contributed by atoms with Crippen LogP contribution in [0.2, 0.25) is 0 Å². The van der Waals surface area contributed by atoms with E-state index in [0.29, 0.717) is 16.9 Å². The fourth-order valence-electron chi connectivity index (χ4n) is 2.23. The maximum absolute atomic E-state index is 5.62. The molecule has 4 nitrogen and oxygen atoms in total. The van der Waals surface area contributed by atoms with Crippen molar-refractivity contribution in [1.29, 1.82) is 0 Å². The molecule has 2 rings (SSSR count). The molecule has 1 atom stereocenters. The Morgan fingerprint density at radius 1 is 1.56 bits per heavy atom. The summed E-state index contributed by atoms with van der Waals surface area (Å²) in [7, 11) is 0. The SMILES string of the molecule is CC(Nc1cc(C(N)=S)ccn1)C1CCOCC1. The third-order valence-electron chi connectivity index (χ3n) is 3.39. The minimum absolute atomic E-state index is 0.378. The van der Waals surface area contributed by atoms with Crippen molar-refractivity contribution in [2.45, 2.75) is 25.8 Å². The van der Waals surface area contributed by atoms with Gasteiger partial charge >= 0.3 is 0 Å². The zero-order valence-electron chi connectivity index (χ0n) is 10.6. The summed E-state index contributed by atoms with van der Waals surface area (Å²) in [5.74, 6) is 1.47. The van der Waals surface area contributed by atoms with E-state index in [0.717, 1.165) is 37.4 Å². The summed E-state index contributed by atoms with van der Waals surface area (Å²) in [6, 6.07) is 4.10. The predicted molar refractivity (Wildman–Crippen MR) is 76.8 cm³/mol. The molecule has 0 aliphatic carbocycles. The van der Waals surface area contributed by atoms with Crippen molar-refractivity contribution in [1.82, 2.24) is 4.98 Å². The third-order valence-corrected chi connectivity index (χ3v) is 3.63. The summed E-state index contributed by atoms with van der Waals surface area (Å²) < 4.78 is 5.37. The Kier molecular flexibility index (Phi) is 4.49. The van der Waals surface area contributed by atoms with Crippen LogP contribution in [0.4, 0.5) is 5.82 Å². The van der Waals surface area contributed by atoms with E-state index >= 15 is 0 Å². The number of nitrogens with zero attached hydrogens (tertiary/aromatic N) is 1. The number of hydrogen-bond acceptors (Lipinski definition) is 4. The van der Waals surface area contributed by atoms with Crippen LogP contribution in [0.3, 0.4) is 0 Å². The molecule has 1 aromatic rings. The number of rotatable bonds is 4. The number of nitrogens with two attached hydrogens (primary N) is 1. The highest BCUT2D eigenvalue weighted by Crippen LogP contribution is 2.21. The van der Waals surface area contributed by atoms with Gasteiger partial charge < -0.3 is 15.8 Å². The van der Waals surface area contributed by atoms with Crippen LogP contribution in [0.25, 0.3) is 0 Å². The lowest BCUT2D eigenvalue weighted by molar-refractivity contribution is 0.0622. The number of hydrogen-bond donors (Lipinski definition) is 2. The van der Waals surface area contributed by atoms with Crippen LogP contribution in [0.5, 0.6) is 0 Å². The second-order valence-corrected chi connectivity index (χ2v) is 5.12. The first-order valence-electron chi connectivity index (χ1n) is 6.27. The summed E-state index contributed by atoms with van der Waals surface area (Å²) in [6.45, 7) is 3.90. The molecule has 5 heteroatoms. The summed E-state index contributed by atoms with van der Waals surface area (Å²) in [4.78, 5) is 4.70. The zero-order valence-corrected chi connectivity index (χ0v) is 11.4. The fraction of sp³-hybridized carbons (Fsp3) is 0.538. The highest BCUT2D eigenvalue weighted by Gasteiger charge is 2.20. The number of ether oxygens (including phenoxy) is 1. The van der Waals surface area contributed by atoms with Crippen LogP contribution in [-0.4, -0.2) is 29.2 Å². The first-order valence-corrected chi connectivity index (χ1v) is 6.68. The lowest BCUT2D eigenvalue weighted by Gasteiger charge is -2.28. The molecule has 1 fully saturated rings. The van der Waals surface area contributed by atoms with Gasteiger partial charge in [0.2, 0.25) is 0 Å². The normalized spacial score (nSPS) is 18.3. The molecule has 1 aromatic heterocycles. The summed E-state index contributed by atoms with van der Waals surface area (Å²) in [5.41, 5.74) is 6.46. The number of nitrogens with one attached hydrogen (secondary N) is 1. The Balaban J connectivity index is 1.99. The van der Waals surface area contributed by atoms with E-state index in [2.05, 4.69) is 17.2 Å². The second-order valence-electron chi connectivity index (χ2n) is 4.68. The van der Waals surface area contributed by atoms with Crippen LogP contribution in [0.15, 0.2) is 18.3 Å². The van der Waals surface area contributed by atoms with Crippen molar-refractivity contribution in [3.63, 3.8) is 0 Å². The van der Waals surface area contributed by atoms with Crippen molar-refractivity contribution < 1.29 is 4.74 Å². The van der Waals surface area contributed by atoms with Crippen molar-refractivity contribution in [2.75, 3.05) is 18.5 Å². The van der Waals surface area contributed by atoms with Crippen molar-refractivity contribution in [3.05, 3.63) is 23.9 Å². The Morgan fingerprint density at radius 2 is 2.28 bits per heavy atom. The van der Waals surface area contributed by atoms with E-state index in [1.165, 1.54) is 0 Å². The third kappa shape index (κ3) is 3.40. The van der Waals surface area contributed by atoms with Gasteiger partial charge in [0.05, 0.1) is 0 Å². The summed E-state index contributed by atoms with van der Waals surface area (Å²) in [6.07, 6.45) is 3.93. The molecule has 0 spiro atoms. The standard InChI is InChI=1S/C13H19N3OS/c1-9(10-3-6-17-7-4-10)16-12-8-11(13(14)18)2-5-15-12/h2,5,8-10H,3-4,6-7H2,1H3,(H2,14,18)(H,15,16). The van der Waals surface area contributed by atoms with Gasteiger partial charge in [-0.25, -0.2) is 4.98 Å². The Morgan fingerprint density at radius 3 is 2.94 bits per heavy atom. The minimum Gasteiger partial charge on any atom is -0.389 e. The van der Waals surface area contributed by atoms with E-state index in [4.69, 9.17) is 22.7 Å². The highest BCUT2D eigenvalue weighted by molar-refractivity contribution is 7.80. The molecule has 0 aromatic carbocycles. The summed E-state index contributed by atoms with van der Waals surface area (Å²) in [5, 5.41) is 3.42. The van der Waals surface area contributed by atoms with Crippen LogP contribution in [0.1, 0.15) is 25.3 Å². The first kappa shape index (κ1) is 13.2. The molecule has 1 unspecified atom stereocenters. The molecule has 0 amide bonds. The molecule has 3 N–H and O–H groups in total. The predicted octanol–water partition coefficient (Wildman–Crippen LogP) is 1.94. The molecular formula is C13H19N3OS. The fourth-order valence-corrected chi connectivity index (χ4v) is 2.36. The smallest absolute Gasteiger partial charge is 0.126 e. The van der Waals surface area contributed by atoms with Crippen LogP contribution >= 0.6 is 12.2 Å². The lowest BCUT2D eigenvalue weighted by Crippen LogP contribution is -2.31. The monoisotopic (exact) mass is 265 g/mol. The van der Waals surface area contributed by atoms with Crippen LogP contribution in [-0.2, 0) is 4.74 Å². The van der Waals surface area contributed by atoms with E-state index in [-0.39, 0.29) is 0 Å². The van der Waals surface area contributed by atoms with Gasteiger partial charge in [-0.2, -0.15) is 0 Å². The molecule has 1 aliphatic heterocycles. The van der Waals surface area contributed by atoms with Gasteiger partial charge in [0.25, 0.3) is 0 Å². The van der Waals surface area contributed by atoms with Crippen LogP contribution < -0.4 is 11.1 Å². The molecule has 18 heavy (non-hydrogen) atoms. The first-order chi connectivity index (χ1) is 8.66. The highest BCUT2D eigenvalue weighted by atomic mass is 32.1. The molecule has 0 bridgehead atoms. The molecule has 98 valence electrons. The number of pyridine rings is 1. The quantitative estimate of drug-likeness (QED) is 0.815. The lowest BCUT2D eigenvalue weighted by atomic mass is 9.93. The van der Waals surface area contributed by atoms with Gasteiger partial charge in [-0.15, -0.1) is 0 Å². The number of aromatic nitrogens is 1. The maximum atomic E-state index is 5.62. The Bertz CT molecular complexity index is 418. The molecule has 1 saturated heterocycles. The van der Waals surface area contributed by atoms with Crippen LogP contribution in [0, 0.1) is 5.92 Å². The van der Waals surface area contributed by atoms with Crippen molar-refractivity contribution >= 4 is 23.0 Å². The largest absolute Gasteiger partial charge is 0.389 e. The van der Waals surface area contributed by atoms with Gasteiger partial charge in [0, 0.05) is 31.0 Å². The Hall–Kier alpha value is -1.20. The van der Waals surface area contributed by atoms with Gasteiger partial charge in [-0.05, 0) is 37.8 Å². The zero-order chi connectivity index (χ0) is 13.0. The van der Waals surface area contributed by atoms with E-state index < -0.39 is 0 Å².